The first-order chi connectivity index (χ1) is 7.15. The highest BCUT2D eigenvalue weighted by molar-refractivity contribution is 5.95. The van der Waals surface area contributed by atoms with E-state index in [0.717, 1.165) is 0 Å². The highest BCUT2D eigenvalue weighted by Gasteiger charge is 2.07. The van der Waals surface area contributed by atoms with Crippen molar-refractivity contribution in [3.05, 3.63) is 35.4 Å². The first-order valence-corrected chi connectivity index (χ1v) is 4.33. The summed E-state index contributed by atoms with van der Waals surface area (Å²) >= 11 is 0. The molecule has 0 radical (unpaired) electrons. The van der Waals surface area contributed by atoms with Crippen LogP contribution in [0.3, 0.4) is 0 Å². The zero-order valence-electron chi connectivity index (χ0n) is 7.97. The van der Waals surface area contributed by atoms with Gasteiger partial charge in [0.05, 0.1) is 12.2 Å². The summed E-state index contributed by atoms with van der Waals surface area (Å²) in [5, 5.41) is 8.44. The minimum absolute atomic E-state index is 0.0452. The molecule has 1 aromatic rings. The maximum absolute atomic E-state index is 11.2. The lowest BCUT2D eigenvalue weighted by molar-refractivity contribution is 0.0433. The second-order valence-corrected chi connectivity index (χ2v) is 2.80. The van der Waals surface area contributed by atoms with Crippen LogP contribution >= 0.6 is 0 Å². The van der Waals surface area contributed by atoms with Gasteiger partial charge in [-0.15, -0.1) is 0 Å². The Hall–Kier alpha value is -1.88. The fourth-order valence-corrected chi connectivity index (χ4v) is 0.992. The summed E-state index contributed by atoms with van der Waals surface area (Å²) < 4.78 is 4.67. The Kier molecular flexibility index (Phi) is 3.82. The summed E-state index contributed by atoms with van der Waals surface area (Å²) in [5.41, 5.74) is 5.67. The van der Waals surface area contributed by atoms with E-state index in [-0.39, 0.29) is 13.2 Å². The van der Waals surface area contributed by atoms with Crippen molar-refractivity contribution in [2.45, 2.75) is 0 Å². The molecule has 5 heteroatoms. The summed E-state index contributed by atoms with van der Waals surface area (Å²) in [6, 6.07) is 5.77. The maximum atomic E-state index is 11.2. The summed E-state index contributed by atoms with van der Waals surface area (Å²) in [6.07, 6.45) is 0. The van der Waals surface area contributed by atoms with Crippen molar-refractivity contribution >= 4 is 11.9 Å². The summed E-state index contributed by atoms with van der Waals surface area (Å²) in [5.74, 6) is -1.09. The third-order valence-corrected chi connectivity index (χ3v) is 1.73. The molecule has 0 fully saturated rings. The number of hydrogen-bond donors (Lipinski definition) is 2. The molecule has 1 rings (SSSR count). The van der Waals surface area contributed by atoms with Crippen LogP contribution in [0.2, 0.25) is 0 Å². The molecular formula is C10H11NO4. The molecule has 15 heavy (non-hydrogen) atoms. The van der Waals surface area contributed by atoms with E-state index in [4.69, 9.17) is 10.8 Å². The van der Waals surface area contributed by atoms with E-state index in [1.807, 2.05) is 0 Å². The Bertz CT molecular complexity index is 358. The number of amides is 1. The van der Waals surface area contributed by atoms with Crippen LogP contribution in [0.4, 0.5) is 0 Å². The maximum Gasteiger partial charge on any atom is 0.338 e. The Morgan fingerprint density at radius 2 is 1.73 bits per heavy atom. The molecule has 0 unspecified atom stereocenters. The van der Waals surface area contributed by atoms with E-state index in [0.29, 0.717) is 11.1 Å². The molecule has 0 aliphatic rings. The Morgan fingerprint density at radius 3 is 2.20 bits per heavy atom. The van der Waals surface area contributed by atoms with Gasteiger partial charge in [-0.25, -0.2) is 4.79 Å². The van der Waals surface area contributed by atoms with Gasteiger partial charge >= 0.3 is 5.97 Å². The lowest BCUT2D eigenvalue weighted by atomic mass is 10.1. The number of ether oxygens (including phenoxy) is 1. The molecule has 0 aliphatic heterocycles. The van der Waals surface area contributed by atoms with Crippen molar-refractivity contribution in [3.63, 3.8) is 0 Å². The molecule has 0 saturated heterocycles. The molecule has 1 amide bonds. The zero-order valence-corrected chi connectivity index (χ0v) is 7.97. The molecule has 1 aromatic carbocycles. The van der Waals surface area contributed by atoms with Gasteiger partial charge in [-0.1, -0.05) is 0 Å². The van der Waals surface area contributed by atoms with Crippen LogP contribution < -0.4 is 5.73 Å². The van der Waals surface area contributed by atoms with Gasteiger partial charge in [0.1, 0.15) is 6.61 Å². The Labute approximate surface area is 86.5 Å². The number of primary amides is 1. The first-order valence-electron chi connectivity index (χ1n) is 4.33. The lowest BCUT2D eigenvalue weighted by Gasteiger charge is -2.02. The average molecular weight is 209 g/mol. The number of carbonyl (C=O) groups excluding carboxylic acids is 2. The number of carbonyl (C=O) groups is 2. The van der Waals surface area contributed by atoms with Crippen molar-refractivity contribution < 1.29 is 19.4 Å². The number of rotatable bonds is 4. The molecule has 0 atom stereocenters. The van der Waals surface area contributed by atoms with Crippen molar-refractivity contribution in [2.75, 3.05) is 13.2 Å². The number of esters is 1. The van der Waals surface area contributed by atoms with Gasteiger partial charge in [0.2, 0.25) is 5.91 Å². The smallest absolute Gasteiger partial charge is 0.338 e. The quantitative estimate of drug-likeness (QED) is 0.679. The van der Waals surface area contributed by atoms with Gasteiger partial charge in [0.15, 0.2) is 0 Å². The van der Waals surface area contributed by atoms with Crippen molar-refractivity contribution in [2.24, 2.45) is 5.73 Å². The molecule has 0 spiro atoms. The van der Waals surface area contributed by atoms with E-state index < -0.39 is 11.9 Å². The highest BCUT2D eigenvalue weighted by Crippen LogP contribution is 2.05. The normalized spacial score (nSPS) is 9.67. The molecule has 0 saturated carbocycles. The predicted octanol–water partition coefficient (Wildman–Crippen LogP) is -0.0654. The summed E-state index contributed by atoms with van der Waals surface area (Å²) in [4.78, 5) is 22.0. The fourth-order valence-electron chi connectivity index (χ4n) is 0.992. The van der Waals surface area contributed by atoms with Gasteiger partial charge in [-0.3, -0.25) is 4.79 Å². The summed E-state index contributed by atoms with van der Waals surface area (Å²) in [7, 11) is 0. The largest absolute Gasteiger partial charge is 0.460 e. The van der Waals surface area contributed by atoms with E-state index in [1.54, 1.807) is 0 Å². The number of aliphatic hydroxyl groups is 1. The number of benzene rings is 1. The minimum Gasteiger partial charge on any atom is -0.460 e. The first kappa shape index (κ1) is 11.2. The second-order valence-electron chi connectivity index (χ2n) is 2.80. The van der Waals surface area contributed by atoms with Crippen LogP contribution in [0, 0.1) is 0 Å². The average Bonchev–Trinajstić information content (AvgIpc) is 2.26. The number of aliphatic hydroxyl groups excluding tert-OH is 1. The van der Waals surface area contributed by atoms with Crippen molar-refractivity contribution in [1.82, 2.24) is 0 Å². The second kappa shape index (κ2) is 5.11. The highest BCUT2D eigenvalue weighted by atomic mass is 16.5. The van der Waals surface area contributed by atoms with Crippen LogP contribution in [0.15, 0.2) is 24.3 Å². The third kappa shape index (κ3) is 3.07. The van der Waals surface area contributed by atoms with Crippen LogP contribution in [0.5, 0.6) is 0 Å². The van der Waals surface area contributed by atoms with Crippen LogP contribution in [0.25, 0.3) is 0 Å². The number of hydrogen-bond acceptors (Lipinski definition) is 4. The zero-order chi connectivity index (χ0) is 11.3. The Morgan fingerprint density at radius 1 is 1.20 bits per heavy atom. The molecule has 0 heterocycles. The van der Waals surface area contributed by atoms with E-state index in [1.165, 1.54) is 24.3 Å². The molecule has 3 N–H and O–H groups in total. The molecule has 80 valence electrons. The molecule has 0 aliphatic carbocycles. The fraction of sp³-hybridized carbons (Fsp3) is 0.200. The minimum atomic E-state index is -0.551. The topological polar surface area (TPSA) is 89.6 Å². The van der Waals surface area contributed by atoms with Gasteiger partial charge in [-0.2, -0.15) is 0 Å². The van der Waals surface area contributed by atoms with E-state index in [2.05, 4.69) is 4.74 Å². The van der Waals surface area contributed by atoms with Crippen LogP contribution in [0.1, 0.15) is 20.7 Å². The van der Waals surface area contributed by atoms with Gasteiger partial charge < -0.3 is 15.6 Å². The third-order valence-electron chi connectivity index (χ3n) is 1.73. The predicted molar refractivity (Wildman–Crippen MR) is 52.3 cm³/mol. The van der Waals surface area contributed by atoms with E-state index >= 15 is 0 Å². The van der Waals surface area contributed by atoms with Crippen LogP contribution in [-0.4, -0.2) is 30.2 Å². The monoisotopic (exact) mass is 209 g/mol. The van der Waals surface area contributed by atoms with Crippen molar-refractivity contribution in [1.29, 1.82) is 0 Å². The van der Waals surface area contributed by atoms with Gasteiger partial charge in [-0.05, 0) is 24.3 Å². The molecule has 0 aromatic heterocycles. The Balaban J connectivity index is 2.71. The lowest BCUT2D eigenvalue weighted by Crippen LogP contribution is -2.12. The SMILES string of the molecule is NC(=O)c1ccc(C(=O)OCCO)cc1. The number of nitrogens with two attached hydrogens (primary N) is 1. The van der Waals surface area contributed by atoms with Crippen LogP contribution in [-0.2, 0) is 4.74 Å². The van der Waals surface area contributed by atoms with Gasteiger partial charge in [0.25, 0.3) is 0 Å². The van der Waals surface area contributed by atoms with E-state index in [9.17, 15) is 9.59 Å². The molecule has 0 bridgehead atoms. The standard InChI is InChI=1S/C10H11NO4/c11-9(13)7-1-3-8(4-2-7)10(14)15-6-5-12/h1-4,12H,5-6H2,(H2,11,13). The summed E-state index contributed by atoms with van der Waals surface area (Å²) in [6.45, 7) is -0.262. The van der Waals surface area contributed by atoms with Gasteiger partial charge in [0, 0.05) is 5.56 Å². The molecule has 5 nitrogen and oxygen atoms in total. The molecular weight excluding hydrogens is 198 g/mol. The van der Waals surface area contributed by atoms with Crippen molar-refractivity contribution in [3.8, 4) is 0 Å².